The van der Waals surface area contributed by atoms with Gasteiger partial charge < -0.3 is 35.8 Å². The van der Waals surface area contributed by atoms with Crippen LogP contribution in [-0.4, -0.2) is 86.2 Å². The summed E-state index contributed by atoms with van der Waals surface area (Å²) in [6.07, 6.45) is -2.23. The van der Waals surface area contributed by atoms with Crippen molar-refractivity contribution < 1.29 is 30.0 Å². The summed E-state index contributed by atoms with van der Waals surface area (Å²) in [4.78, 5) is 26.7. The lowest BCUT2D eigenvalue weighted by Crippen LogP contribution is -2.29. The van der Waals surface area contributed by atoms with Gasteiger partial charge in [-0.3, -0.25) is 14.0 Å². The first kappa shape index (κ1) is 35.1. The molecule has 1 saturated heterocycles. The Balaban J connectivity index is 0.00000144. The van der Waals surface area contributed by atoms with Crippen molar-refractivity contribution in [2.45, 2.75) is 56.6 Å². The number of rotatable bonds is 12. The number of aromatic nitrogens is 7. The third kappa shape index (κ3) is 8.02. The van der Waals surface area contributed by atoms with Crippen LogP contribution in [-0.2, 0) is 22.5 Å². The molecule has 0 spiro atoms. The molecule has 15 nitrogen and oxygen atoms in total. The maximum absolute atomic E-state index is 11.2. The van der Waals surface area contributed by atoms with E-state index in [9.17, 15) is 15.3 Å². The van der Waals surface area contributed by atoms with E-state index in [2.05, 4.69) is 50.0 Å². The van der Waals surface area contributed by atoms with E-state index in [0.29, 0.717) is 36.5 Å². The molecule has 1 unspecified atom stereocenters. The molecule has 0 bridgehead atoms. The van der Waals surface area contributed by atoms with Gasteiger partial charge in [-0.15, -0.1) is 0 Å². The van der Waals surface area contributed by atoms with Gasteiger partial charge in [0.25, 0.3) is 6.47 Å². The Labute approximate surface area is 293 Å². The minimum Gasteiger partial charge on any atom is -0.483 e. The van der Waals surface area contributed by atoms with Gasteiger partial charge in [-0.05, 0) is 23.6 Å². The van der Waals surface area contributed by atoms with Crippen molar-refractivity contribution in [1.29, 1.82) is 0 Å². The van der Waals surface area contributed by atoms with E-state index in [1.165, 1.54) is 6.33 Å². The van der Waals surface area contributed by atoms with Crippen LogP contribution in [0.2, 0.25) is 0 Å². The lowest BCUT2D eigenvalue weighted by Gasteiger charge is -2.20. The van der Waals surface area contributed by atoms with Crippen molar-refractivity contribution in [2.75, 3.05) is 17.2 Å². The second kappa shape index (κ2) is 16.3. The molecule has 7 rings (SSSR count). The Morgan fingerprint density at radius 3 is 2.12 bits per heavy atom. The number of benzene rings is 3. The minimum absolute atomic E-state index is 0.00842. The van der Waals surface area contributed by atoms with Gasteiger partial charge in [0, 0.05) is 25.4 Å². The van der Waals surface area contributed by atoms with Crippen molar-refractivity contribution in [2.24, 2.45) is 0 Å². The molecular formula is C36H39N9O6. The maximum Gasteiger partial charge on any atom is 0.290 e. The average Bonchev–Trinajstić information content (AvgIpc) is 3.88. The number of nitrogens with one attached hydrogen (secondary N) is 2. The Hall–Kier alpha value is -5.74. The Bertz CT molecular complexity index is 1950. The van der Waals surface area contributed by atoms with Crippen molar-refractivity contribution in [3.05, 3.63) is 126 Å². The topological polar surface area (TPSA) is 206 Å². The summed E-state index contributed by atoms with van der Waals surface area (Å²) >= 11 is 0. The molecule has 3 aromatic heterocycles. The van der Waals surface area contributed by atoms with E-state index in [4.69, 9.17) is 24.6 Å². The average molecular weight is 694 g/mol. The Morgan fingerprint density at radius 1 is 0.882 bits per heavy atom. The summed E-state index contributed by atoms with van der Waals surface area (Å²) in [5.41, 5.74) is 3.97. The van der Waals surface area contributed by atoms with E-state index < -0.39 is 30.8 Å². The number of carbonyl (C=O) groups is 1. The van der Waals surface area contributed by atoms with Crippen LogP contribution < -0.4 is 10.6 Å². The van der Waals surface area contributed by atoms with Crippen LogP contribution in [0.4, 0.5) is 11.8 Å². The summed E-state index contributed by atoms with van der Waals surface area (Å²) in [6.45, 7) is 2.76. The SMILES string of the molecule is CCn1cnc([C@H]2O[C@@H](n3cnc4c(NCC(c5ccccc5)c5ccccc5)nc(NC(O)Cc5ccccc5)nc43)[C@H](O)[C@@H]2O)n1.O=CO. The Kier molecular flexibility index (Phi) is 11.2. The fraction of sp³-hybridized carbons (Fsp3) is 0.278. The van der Waals surface area contributed by atoms with Crippen LogP contribution >= 0.6 is 0 Å². The first-order chi connectivity index (χ1) is 24.9. The molecule has 3 aromatic carbocycles. The van der Waals surface area contributed by atoms with Crippen LogP contribution in [0.15, 0.2) is 104 Å². The number of carboxylic acid groups (broad SMARTS) is 1. The zero-order valence-electron chi connectivity index (χ0n) is 27.7. The number of aliphatic hydroxyl groups is 3. The van der Waals surface area contributed by atoms with Gasteiger partial charge in [0.05, 0.1) is 6.33 Å². The molecule has 1 fully saturated rings. The molecule has 264 valence electrons. The zero-order valence-corrected chi connectivity index (χ0v) is 27.7. The minimum atomic E-state index is -1.33. The standard InChI is InChI=1S/C35H37N9O4.CH2O2/c1-2-43-20-38-32(42-43)30-28(46)29(47)34(48-30)44-21-37-27-31(36-19-25(23-14-8-4-9-15-23)24-16-10-5-11-17-24)40-35(41-33(27)44)39-26(45)18-22-12-6-3-7-13-22;2-1-3/h3-17,20-21,25-26,28-30,34,45-47H,2,18-19H2,1H3,(H2,36,39,40,41);1H,(H,2,3)/t26?,28-,29+,30-,34+;/m0./s1. The predicted octanol–water partition coefficient (Wildman–Crippen LogP) is 3.35. The third-order valence-corrected chi connectivity index (χ3v) is 8.51. The molecule has 0 saturated carbocycles. The number of hydrogen-bond acceptors (Lipinski definition) is 12. The molecule has 6 aromatic rings. The van der Waals surface area contributed by atoms with Gasteiger partial charge in [0.15, 0.2) is 35.1 Å². The van der Waals surface area contributed by atoms with Gasteiger partial charge in [-0.25, -0.2) is 9.97 Å². The van der Waals surface area contributed by atoms with E-state index in [1.54, 1.807) is 15.6 Å². The second-order valence-electron chi connectivity index (χ2n) is 11.8. The molecule has 1 aliphatic rings. The highest BCUT2D eigenvalue weighted by Crippen LogP contribution is 2.39. The lowest BCUT2D eigenvalue weighted by atomic mass is 9.91. The number of nitrogens with zero attached hydrogens (tertiary/aromatic N) is 7. The van der Waals surface area contributed by atoms with E-state index in [0.717, 1.165) is 16.7 Å². The monoisotopic (exact) mass is 693 g/mol. The molecular weight excluding hydrogens is 654 g/mol. The first-order valence-electron chi connectivity index (χ1n) is 16.5. The predicted molar refractivity (Wildman–Crippen MR) is 188 cm³/mol. The first-order valence-corrected chi connectivity index (χ1v) is 16.5. The molecule has 0 aliphatic carbocycles. The van der Waals surface area contributed by atoms with Gasteiger partial charge >= 0.3 is 0 Å². The second-order valence-corrected chi connectivity index (χ2v) is 11.8. The number of aliphatic hydroxyl groups excluding tert-OH is 3. The number of aryl methyl sites for hydroxylation is 1. The maximum atomic E-state index is 11.2. The highest BCUT2D eigenvalue weighted by molar-refractivity contribution is 5.84. The van der Waals surface area contributed by atoms with Crippen LogP contribution in [0.1, 0.15) is 47.7 Å². The van der Waals surface area contributed by atoms with Gasteiger partial charge in [-0.1, -0.05) is 91.0 Å². The van der Waals surface area contributed by atoms with Gasteiger partial charge in [0.1, 0.15) is 24.8 Å². The van der Waals surface area contributed by atoms with E-state index >= 15 is 0 Å². The number of anilines is 2. The Morgan fingerprint density at radius 2 is 1.51 bits per heavy atom. The summed E-state index contributed by atoms with van der Waals surface area (Å²) in [6, 6.07) is 30.0. The van der Waals surface area contributed by atoms with Gasteiger partial charge in [-0.2, -0.15) is 15.1 Å². The van der Waals surface area contributed by atoms with Crippen LogP contribution in [0.25, 0.3) is 11.2 Å². The normalized spacial score (nSPS) is 19.0. The van der Waals surface area contributed by atoms with Gasteiger partial charge in [0.2, 0.25) is 5.95 Å². The molecule has 0 radical (unpaired) electrons. The highest BCUT2D eigenvalue weighted by atomic mass is 16.6. The molecule has 0 amide bonds. The summed E-state index contributed by atoms with van der Waals surface area (Å²) in [5.74, 6) is 0.842. The molecule has 5 atom stereocenters. The quantitative estimate of drug-likeness (QED) is 0.0805. The summed E-state index contributed by atoms with van der Waals surface area (Å²) in [7, 11) is 0. The number of hydrogen-bond donors (Lipinski definition) is 6. The van der Waals surface area contributed by atoms with Crippen LogP contribution in [0.5, 0.6) is 0 Å². The third-order valence-electron chi connectivity index (χ3n) is 8.51. The largest absolute Gasteiger partial charge is 0.483 e. The molecule has 15 heteroatoms. The number of ether oxygens (including phenoxy) is 1. The summed E-state index contributed by atoms with van der Waals surface area (Å²) in [5, 5.41) is 50.9. The van der Waals surface area contributed by atoms with Crippen LogP contribution in [0, 0.1) is 0 Å². The van der Waals surface area contributed by atoms with Crippen molar-refractivity contribution in [1.82, 2.24) is 34.3 Å². The van der Waals surface area contributed by atoms with Crippen LogP contribution in [0.3, 0.4) is 0 Å². The molecule has 51 heavy (non-hydrogen) atoms. The van der Waals surface area contributed by atoms with Crippen molar-refractivity contribution >= 4 is 29.4 Å². The lowest BCUT2D eigenvalue weighted by molar-refractivity contribution is -0.122. The fourth-order valence-corrected chi connectivity index (χ4v) is 6.02. The molecule has 6 N–H and O–H groups in total. The highest BCUT2D eigenvalue weighted by Gasteiger charge is 2.47. The van der Waals surface area contributed by atoms with E-state index in [1.807, 2.05) is 73.7 Å². The molecule has 1 aliphatic heterocycles. The number of fused-ring (bicyclic) bond motifs is 1. The van der Waals surface area contributed by atoms with E-state index in [-0.39, 0.29) is 24.2 Å². The zero-order chi connectivity index (χ0) is 35.7. The van der Waals surface area contributed by atoms with Crippen molar-refractivity contribution in [3.8, 4) is 0 Å². The smallest absolute Gasteiger partial charge is 0.290 e. The number of imidazole rings is 1. The summed E-state index contributed by atoms with van der Waals surface area (Å²) < 4.78 is 9.36. The fourth-order valence-electron chi connectivity index (χ4n) is 6.02. The van der Waals surface area contributed by atoms with Crippen molar-refractivity contribution in [3.63, 3.8) is 0 Å². The molecule has 4 heterocycles.